The molecule has 278 valence electrons. The van der Waals surface area contributed by atoms with Crippen LogP contribution in [0.15, 0.2) is 109 Å². The van der Waals surface area contributed by atoms with Gasteiger partial charge >= 0.3 is 0 Å². The summed E-state index contributed by atoms with van der Waals surface area (Å²) in [6.45, 7) is 11.6. The average Bonchev–Trinajstić information content (AvgIpc) is 3.71. The van der Waals surface area contributed by atoms with Gasteiger partial charge in [-0.1, -0.05) is 60.7 Å². The zero-order valence-corrected chi connectivity index (χ0v) is 32.9. The van der Waals surface area contributed by atoms with Crippen molar-refractivity contribution in [2.45, 2.75) is 41.5 Å². The van der Waals surface area contributed by atoms with E-state index in [1.807, 2.05) is 53.7 Å². The largest absolute Gasteiger partial charge is 0.309 e. The van der Waals surface area contributed by atoms with E-state index >= 15 is 0 Å². The van der Waals surface area contributed by atoms with Crippen LogP contribution in [0.3, 0.4) is 0 Å². The number of pyridine rings is 1. The summed E-state index contributed by atoms with van der Waals surface area (Å²) in [5.41, 5.74) is 11.6. The third-order valence-corrected chi connectivity index (χ3v) is 10.7. The SMILES string of the molecule is Cc1cc(-c2cc(-n3c4ccccc4c4ccc(-c5nc(C)nc(C)n5)cc43)c(C#N)cc2-n2c3ccccc3c3ccc(-c4nc(C)nc(C)n4)cc32)cc(C)n1. The first-order chi connectivity index (χ1) is 28.1. The van der Waals surface area contributed by atoms with Crippen LogP contribution >= 0.6 is 0 Å². The summed E-state index contributed by atoms with van der Waals surface area (Å²) in [6, 6.07) is 40.5. The molecule has 0 spiro atoms. The quantitative estimate of drug-likeness (QED) is 0.170. The summed E-state index contributed by atoms with van der Waals surface area (Å²) in [5, 5.41) is 15.5. The molecule has 0 radical (unpaired) electrons. The maximum absolute atomic E-state index is 11.2. The molecule has 10 nitrogen and oxygen atoms in total. The lowest BCUT2D eigenvalue weighted by Gasteiger charge is -2.19. The second-order valence-corrected chi connectivity index (χ2v) is 14.8. The smallest absolute Gasteiger partial charge is 0.163 e. The van der Waals surface area contributed by atoms with Crippen LogP contribution in [0.5, 0.6) is 0 Å². The third-order valence-electron chi connectivity index (χ3n) is 10.7. The van der Waals surface area contributed by atoms with Crippen molar-refractivity contribution in [2.24, 2.45) is 0 Å². The number of para-hydroxylation sites is 2. The highest BCUT2D eigenvalue weighted by atomic mass is 15.0. The van der Waals surface area contributed by atoms with Crippen molar-refractivity contribution < 1.29 is 0 Å². The Labute approximate surface area is 334 Å². The van der Waals surface area contributed by atoms with Gasteiger partial charge in [-0.3, -0.25) is 4.98 Å². The van der Waals surface area contributed by atoms with Gasteiger partial charge in [0.05, 0.1) is 39.0 Å². The number of rotatable bonds is 5. The van der Waals surface area contributed by atoms with Gasteiger partial charge in [0, 0.05) is 49.6 Å². The molecule has 10 aromatic rings. The summed E-state index contributed by atoms with van der Waals surface area (Å²) in [5.74, 6) is 3.88. The Morgan fingerprint density at radius 3 is 1.34 bits per heavy atom. The van der Waals surface area contributed by atoms with Gasteiger partial charge in [-0.05, 0) is 95.6 Å². The van der Waals surface area contributed by atoms with Crippen LogP contribution in [0.2, 0.25) is 0 Å². The molecule has 0 saturated heterocycles. The highest BCUT2D eigenvalue weighted by Gasteiger charge is 2.23. The molecule has 5 aromatic carbocycles. The zero-order chi connectivity index (χ0) is 39.8. The van der Waals surface area contributed by atoms with Crippen LogP contribution in [-0.2, 0) is 0 Å². The number of nitriles is 1. The molecule has 0 aliphatic carbocycles. The molecule has 0 amide bonds. The van der Waals surface area contributed by atoms with Crippen molar-refractivity contribution in [3.63, 3.8) is 0 Å². The van der Waals surface area contributed by atoms with E-state index in [1.165, 1.54) is 0 Å². The summed E-state index contributed by atoms with van der Waals surface area (Å²) in [4.78, 5) is 32.4. The summed E-state index contributed by atoms with van der Waals surface area (Å²) in [7, 11) is 0. The molecule has 0 aliphatic heterocycles. The molecule has 0 bridgehead atoms. The maximum atomic E-state index is 11.2. The standard InChI is InChI=1S/C48H36N10/c1-26-19-34(20-27(2)50-26)40-24-43(57-41-13-9-7-11-36(41)38-17-15-32(21-44(38)57)47-53-28(3)51-29(4)54-47)35(25-49)23-46(40)58-42-14-10-8-12-37(42)39-18-16-33(22-45(39)58)48-55-30(5)52-31(6)56-48/h7-24H,1-6H3. The van der Waals surface area contributed by atoms with E-state index in [-0.39, 0.29) is 0 Å². The Hall–Kier alpha value is -7.64. The number of fused-ring (bicyclic) bond motifs is 6. The van der Waals surface area contributed by atoms with Gasteiger partial charge in [-0.15, -0.1) is 0 Å². The van der Waals surface area contributed by atoms with E-state index in [1.54, 1.807) is 0 Å². The fourth-order valence-corrected chi connectivity index (χ4v) is 8.49. The second-order valence-electron chi connectivity index (χ2n) is 14.8. The fraction of sp³-hybridized carbons (Fsp3) is 0.125. The predicted molar refractivity (Wildman–Crippen MR) is 229 cm³/mol. The van der Waals surface area contributed by atoms with Gasteiger partial charge in [0.25, 0.3) is 0 Å². The van der Waals surface area contributed by atoms with E-state index in [9.17, 15) is 5.26 Å². The van der Waals surface area contributed by atoms with Crippen LogP contribution in [0.1, 0.15) is 40.2 Å². The minimum absolute atomic E-state index is 0.520. The first kappa shape index (κ1) is 34.8. The molecule has 0 N–H and O–H groups in total. The van der Waals surface area contributed by atoms with Gasteiger partial charge < -0.3 is 9.13 Å². The first-order valence-corrected chi connectivity index (χ1v) is 19.1. The Kier molecular flexibility index (Phi) is 7.95. The molecule has 0 atom stereocenters. The topological polar surface area (TPSA) is 124 Å². The minimum atomic E-state index is 0.520. The summed E-state index contributed by atoms with van der Waals surface area (Å²) in [6.07, 6.45) is 0. The molecule has 0 fully saturated rings. The van der Waals surface area contributed by atoms with E-state index in [4.69, 9.17) is 24.9 Å². The van der Waals surface area contributed by atoms with Crippen molar-refractivity contribution in [2.75, 3.05) is 0 Å². The molecule has 10 heteroatoms. The number of nitrogens with zero attached hydrogens (tertiary/aromatic N) is 10. The van der Waals surface area contributed by atoms with Crippen LogP contribution < -0.4 is 0 Å². The molecular weight excluding hydrogens is 717 g/mol. The van der Waals surface area contributed by atoms with Gasteiger partial charge in [-0.25, -0.2) is 29.9 Å². The van der Waals surface area contributed by atoms with Crippen molar-refractivity contribution in [1.82, 2.24) is 44.0 Å². The molecule has 10 rings (SSSR count). The van der Waals surface area contributed by atoms with Crippen LogP contribution in [0.4, 0.5) is 0 Å². The lowest BCUT2D eigenvalue weighted by Crippen LogP contribution is -2.05. The Morgan fingerprint density at radius 2 is 0.862 bits per heavy atom. The third kappa shape index (κ3) is 5.67. The maximum Gasteiger partial charge on any atom is 0.163 e. The summed E-state index contributed by atoms with van der Waals surface area (Å²) < 4.78 is 4.48. The van der Waals surface area contributed by atoms with Gasteiger partial charge in [0.2, 0.25) is 0 Å². The Bertz CT molecular complexity index is 3320. The fourth-order valence-electron chi connectivity index (χ4n) is 8.49. The van der Waals surface area contributed by atoms with Crippen LogP contribution in [0.25, 0.3) is 88.9 Å². The van der Waals surface area contributed by atoms with Crippen molar-refractivity contribution in [1.29, 1.82) is 5.26 Å². The molecule has 0 saturated carbocycles. The number of hydrogen-bond acceptors (Lipinski definition) is 8. The van der Waals surface area contributed by atoms with Gasteiger partial charge in [0.1, 0.15) is 29.4 Å². The highest BCUT2D eigenvalue weighted by Crippen LogP contribution is 2.42. The van der Waals surface area contributed by atoms with E-state index < -0.39 is 0 Å². The zero-order valence-electron chi connectivity index (χ0n) is 32.9. The number of aromatic nitrogens is 9. The van der Waals surface area contributed by atoms with Gasteiger partial charge in [-0.2, -0.15) is 5.26 Å². The Balaban J connectivity index is 1.31. The highest BCUT2D eigenvalue weighted by molar-refractivity contribution is 6.12. The number of hydrogen-bond donors (Lipinski definition) is 0. The molecule has 58 heavy (non-hydrogen) atoms. The monoisotopic (exact) mass is 752 g/mol. The molecule has 0 unspecified atom stereocenters. The molecule has 5 heterocycles. The number of aryl methyl sites for hydroxylation is 6. The lowest BCUT2D eigenvalue weighted by molar-refractivity contribution is 0.928. The van der Waals surface area contributed by atoms with Crippen LogP contribution in [0, 0.1) is 52.9 Å². The second kappa shape index (κ2) is 13.2. The summed E-state index contributed by atoms with van der Waals surface area (Å²) >= 11 is 0. The molecular formula is C48H36N10. The molecule has 5 aromatic heterocycles. The average molecular weight is 753 g/mol. The van der Waals surface area contributed by atoms with Gasteiger partial charge in [0.15, 0.2) is 11.6 Å². The van der Waals surface area contributed by atoms with Crippen LogP contribution in [-0.4, -0.2) is 44.0 Å². The van der Waals surface area contributed by atoms with E-state index in [0.29, 0.717) is 40.5 Å². The van der Waals surface area contributed by atoms with Crippen molar-refractivity contribution >= 4 is 43.6 Å². The van der Waals surface area contributed by atoms with E-state index in [2.05, 4.69) is 122 Å². The van der Waals surface area contributed by atoms with Crippen molar-refractivity contribution in [3.8, 4) is 51.3 Å². The number of benzene rings is 5. The van der Waals surface area contributed by atoms with Crippen molar-refractivity contribution in [3.05, 3.63) is 149 Å². The normalized spacial score (nSPS) is 11.6. The molecule has 0 aliphatic rings. The van der Waals surface area contributed by atoms with E-state index in [0.717, 1.165) is 88.6 Å². The minimum Gasteiger partial charge on any atom is -0.309 e. The Morgan fingerprint density at radius 1 is 0.414 bits per heavy atom. The lowest BCUT2D eigenvalue weighted by atomic mass is 9.98. The predicted octanol–water partition coefficient (Wildman–Crippen LogP) is 10.4. The first-order valence-electron chi connectivity index (χ1n) is 19.1.